The van der Waals surface area contributed by atoms with Crippen molar-refractivity contribution in [3.63, 3.8) is 0 Å². The lowest BCUT2D eigenvalue weighted by molar-refractivity contribution is 0.174. The number of nitrogens with one attached hydrogen (secondary N) is 2. The van der Waals surface area contributed by atoms with E-state index < -0.39 is 0 Å². The first-order valence-corrected chi connectivity index (χ1v) is 8.27. The number of carbonyl (C=O) groups excluding carboxylic acids is 1. The molecule has 7 heteroatoms. The van der Waals surface area contributed by atoms with Gasteiger partial charge in [-0.15, -0.1) is 0 Å². The molecule has 2 N–H and O–H groups in total. The molecule has 4 rings (SSSR count). The largest absolute Gasteiger partial charge is 0.473 e. The summed E-state index contributed by atoms with van der Waals surface area (Å²) in [6, 6.07) is 9.58. The number of carbonyl (C=O) groups is 1. The molecule has 0 bridgehead atoms. The minimum atomic E-state index is -0.137. The summed E-state index contributed by atoms with van der Waals surface area (Å²) in [4.78, 5) is 15.9. The van der Waals surface area contributed by atoms with Crippen LogP contribution in [0.5, 0.6) is 17.4 Å². The normalized spacial score (nSPS) is 14.9. The van der Waals surface area contributed by atoms with Gasteiger partial charge in [0, 0.05) is 24.8 Å². The number of fused-ring (bicyclic) bond motifs is 1. The number of urea groups is 1. The Bertz CT molecular complexity index is 777. The second-order valence-corrected chi connectivity index (χ2v) is 6.08. The molecule has 1 aromatic heterocycles. The van der Waals surface area contributed by atoms with Gasteiger partial charge in [-0.1, -0.05) is 6.07 Å². The number of ether oxygens (including phenoxy) is 3. The summed E-state index contributed by atoms with van der Waals surface area (Å²) in [5.41, 5.74) is 1.90. The minimum Gasteiger partial charge on any atom is -0.473 e. The highest BCUT2D eigenvalue weighted by atomic mass is 16.7. The van der Waals surface area contributed by atoms with Gasteiger partial charge in [0.2, 0.25) is 12.7 Å². The Morgan fingerprint density at radius 1 is 1.16 bits per heavy atom. The number of amides is 2. The number of hydrogen-bond donors (Lipinski definition) is 2. The molecule has 0 radical (unpaired) electrons. The van der Waals surface area contributed by atoms with Crippen LogP contribution in [0, 0.1) is 0 Å². The van der Waals surface area contributed by atoms with E-state index in [1.807, 2.05) is 30.3 Å². The third kappa shape index (κ3) is 4.12. The molecular weight excluding hydrogens is 322 g/mol. The van der Waals surface area contributed by atoms with Crippen LogP contribution in [-0.4, -0.2) is 23.8 Å². The van der Waals surface area contributed by atoms with Crippen LogP contribution in [0.25, 0.3) is 0 Å². The summed E-state index contributed by atoms with van der Waals surface area (Å²) in [6.07, 6.45) is 3.81. The average Bonchev–Trinajstić information content (AvgIpc) is 3.31. The van der Waals surface area contributed by atoms with Gasteiger partial charge >= 0.3 is 6.03 Å². The van der Waals surface area contributed by atoms with Gasteiger partial charge in [-0.3, -0.25) is 0 Å². The lowest BCUT2D eigenvalue weighted by atomic mass is 10.2. The molecule has 25 heavy (non-hydrogen) atoms. The minimum absolute atomic E-state index is 0.137. The van der Waals surface area contributed by atoms with Crippen molar-refractivity contribution in [1.82, 2.24) is 15.6 Å². The summed E-state index contributed by atoms with van der Waals surface area (Å²) in [5.74, 6) is 1.99. The molecule has 0 unspecified atom stereocenters. The van der Waals surface area contributed by atoms with Gasteiger partial charge in [-0.05, 0) is 42.2 Å². The Morgan fingerprint density at radius 2 is 2.04 bits per heavy atom. The molecular formula is C18H19N3O4. The molecule has 2 heterocycles. The second kappa shape index (κ2) is 6.88. The Morgan fingerprint density at radius 3 is 2.92 bits per heavy atom. The molecule has 0 spiro atoms. The van der Waals surface area contributed by atoms with Crippen LogP contribution in [0.15, 0.2) is 36.5 Å². The van der Waals surface area contributed by atoms with E-state index in [2.05, 4.69) is 15.6 Å². The smallest absolute Gasteiger partial charge is 0.315 e. The lowest BCUT2D eigenvalue weighted by Gasteiger charge is -2.09. The van der Waals surface area contributed by atoms with E-state index in [-0.39, 0.29) is 12.8 Å². The van der Waals surface area contributed by atoms with Gasteiger partial charge in [0.05, 0.1) is 0 Å². The van der Waals surface area contributed by atoms with Gasteiger partial charge in [0.1, 0.15) is 6.61 Å². The van der Waals surface area contributed by atoms with E-state index in [1.165, 1.54) is 0 Å². The monoisotopic (exact) mass is 341 g/mol. The zero-order valence-electron chi connectivity index (χ0n) is 13.7. The fourth-order valence-electron chi connectivity index (χ4n) is 2.47. The average molecular weight is 341 g/mol. The van der Waals surface area contributed by atoms with Crippen molar-refractivity contribution >= 4 is 6.03 Å². The predicted octanol–water partition coefficient (Wildman–Crippen LogP) is 2.35. The molecule has 1 aliphatic carbocycles. The number of nitrogens with zero attached hydrogens (tertiary/aromatic N) is 1. The summed E-state index contributed by atoms with van der Waals surface area (Å²) in [7, 11) is 0. The molecule has 2 aliphatic rings. The Balaban J connectivity index is 1.30. The van der Waals surface area contributed by atoms with Crippen molar-refractivity contribution < 1.29 is 19.0 Å². The maximum absolute atomic E-state index is 11.7. The maximum atomic E-state index is 11.7. The first kappa shape index (κ1) is 15.6. The van der Waals surface area contributed by atoms with Crippen molar-refractivity contribution in [1.29, 1.82) is 0 Å². The third-order valence-electron chi connectivity index (χ3n) is 3.99. The highest BCUT2D eigenvalue weighted by Crippen LogP contribution is 2.32. The van der Waals surface area contributed by atoms with Gasteiger partial charge in [-0.2, -0.15) is 0 Å². The van der Waals surface area contributed by atoms with Crippen LogP contribution in [-0.2, 0) is 13.2 Å². The molecule has 0 atom stereocenters. The SMILES string of the molecule is O=C(NCc1ccnc(OCc2ccc3c(c2)OCO3)c1)NC1CC1. The molecule has 2 aromatic rings. The zero-order valence-corrected chi connectivity index (χ0v) is 13.7. The van der Waals surface area contributed by atoms with E-state index in [4.69, 9.17) is 14.2 Å². The van der Waals surface area contributed by atoms with E-state index in [0.29, 0.717) is 25.1 Å². The van der Waals surface area contributed by atoms with E-state index >= 15 is 0 Å². The molecule has 7 nitrogen and oxygen atoms in total. The van der Waals surface area contributed by atoms with E-state index in [1.54, 1.807) is 6.20 Å². The Labute approximate surface area is 145 Å². The van der Waals surface area contributed by atoms with Crippen molar-refractivity contribution in [2.45, 2.75) is 32.0 Å². The molecule has 0 saturated heterocycles. The number of hydrogen-bond acceptors (Lipinski definition) is 5. The molecule has 1 saturated carbocycles. The first-order chi connectivity index (χ1) is 12.3. The van der Waals surface area contributed by atoms with Gasteiger partial charge in [-0.25, -0.2) is 9.78 Å². The van der Waals surface area contributed by atoms with Gasteiger partial charge in [0.25, 0.3) is 0 Å². The summed E-state index contributed by atoms with van der Waals surface area (Å²) in [6.45, 7) is 1.06. The predicted molar refractivity (Wildman–Crippen MR) is 89.5 cm³/mol. The second-order valence-electron chi connectivity index (χ2n) is 6.08. The van der Waals surface area contributed by atoms with Gasteiger partial charge < -0.3 is 24.8 Å². The Hall–Kier alpha value is -2.96. The highest BCUT2D eigenvalue weighted by Gasteiger charge is 2.22. The molecule has 1 fully saturated rings. The molecule has 1 aromatic carbocycles. The first-order valence-electron chi connectivity index (χ1n) is 8.27. The summed E-state index contributed by atoms with van der Waals surface area (Å²) < 4.78 is 16.4. The molecule has 2 amide bonds. The number of rotatable bonds is 6. The Kier molecular flexibility index (Phi) is 4.28. The van der Waals surface area contributed by atoms with E-state index in [0.717, 1.165) is 35.5 Å². The third-order valence-corrected chi connectivity index (χ3v) is 3.99. The topological polar surface area (TPSA) is 81.7 Å². The quantitative estimate of drug-likeness (QED) is 0.843. The van der Waals surface area contributed by atoms with Crippen molar-refractivity contribution in [3.05, 3.63) is 47.7 Å². The fraction of sp³-hybridized carbons (Fsp3) is 0.333. The van der Waals surface area contributed by atoms with Crippen LogP contribution in [0.2, 0.25) is 0 Å². The van der Waals surface area contributed by atoms with E-state index in [9.17, 15) is 4.79 Å². The van der Waals surface area contributed by atoms with Crippen LogP contribution in [0.1, 0.15) is 24.0 Å². The van der Waals surface area contributed by atoms with Crippen molar-refractivity contribution in [3.8, 4) is 17.4 Å². The van der Waals surface area contributed by atoms with Crippen LogP contribution in [0.3, 0.4) is 0 Å². The maximum Gasteiger partial charge on any atom is 0.315 e. The summed E-state index contributed by atoms with van der Waals surface area (Å²) >= 11 is 0. The summed E-state index contributed by atoms with van der Waals surface area (Å²) in [5, 5.41) is 5.72. The van der Waals surface area contributed by atoms with Crippen molar-refractivity contribution in [2.24, 2.45) is 0 Å². The molecule has 1 aliphatic heterocycles. The fourth-order valence-corrected chi connectivity index (χ4v) is 2.47. The van der Waals surface area contributed by atoms with Gasteiger partial charge in [0.15, 0.2) is 11.5 Å². The van der Waals surface area contributed by atoms with Crippen LogP contribution in [0.4, 0.5) is 4.79 Å². The lowest BCUT2D eigenvalue weighted by Crippen LogP contribution is -2.36. The number of pyridine rings is 1. The highest BCUT2D eigenvalue weighted by molar-refractivity contribution is 5.74. The standard InChI is InChI=1S/C18H19N3O4/c22-18(21-14-2-3-14)20-9-12-5-6-19-17(8-12)23-10-13-1-4-15-16(7-13)25-11-24-15/h1,4-8,14H,2-3,9-11H2,(H2,20,21,22). The van der Waals surface area contributed by atoms with Crippen LogP contribution >= 0.6 is 0 Å². The van der Waals surface area contributed by atoms with Crippen molar-refractivity contribution in [2.75, 3.05) is 6.79 Å². The molecule has 130 valence electrons. The zero-order chi connectivity index (χ0) is 17.1. The number of aromatic nitrogens is 1. The number of benzene rings is 1. The van der Waals surface area contributed by atoms with Crippen LogP contribution < -0.4 is 24.8 Å².